The minimum atomic E-state index is 0.640. The van der Waals surface area contributed by atoms with Crippen LogP contribution in [-0.2, 0) is 0 Å². The van der Waals surface area contributed by atoms with Gasteiger partial charge in [0.25, 0.3) is 0 Å². The highest BCUT2D eigenvalue weighted by Crippen LogP contribution is 2.25. The molecule has 1 rings (SSSR count). The van der Waals surface area contributed by atoms with Gasteiger partial charge in [0, 0.05) is 6.54 Å². The van der Waals surface area contributed by atoms with E-state index in [1.165, 1.54) is 0 Å². The fourth-order valence-electron chi connectivity index (χ4n) is 1.41. The molecule has 0 spiro atoms. The molecule has 0 radical (unpaired) electrons. The van der Waals surface area contributed by atoms with Gasteiger partial charge >= 0.3 is 0 Å². The molecule has 0 aliphatic carbocycles. The fraction of sp³-hybridized carbons (Fsp3) is 0.429. The highest BCUT2D eigenvalue weighted by atomic mass is 16.5. The van der Waals surface area contributed by atoms with Crippen molar-refractivity contribution in [2.24, 2.45) is 0 Å². The average Bonchev–Trinajstić information content (AvgIpc) is 2.36. The quantitative estimate of drug-likeness (QED) is 0.527. The topological polar surface area (TPSA) is 30.5 Å². The van der Waals surface area contributed by atoms with E-state index in [4.69, 9.17) is 9.47 Å². The molecule has 0 saturated carbocycles. The molecule has 0 aliphatic rings. The van der Waals surface area contributed by atoms with Crippen LogP contribution >= 0.6 is 0 Å². The van der Waals surface area contributed by atoms with Crippen LogP contribution in [0.5, 0.6) is 11.5 Å². The maximum atomic E-state index is 5.66. The Morgan fingerprint density at radius 3 is 2.53 bits per heavy atom. The number of hydrogen-bond donors (Lipinski definition) is 1. The first-order valence-electron chi connectivity index (χ1n) is 6.04. The lowest BCUT2D eigenvalue weighted by molar-refractivity contribution is 0.276. The van der Waals surface area contributed by atoms with Crippen LogP contribution in [-0.4, -0.2) is 26.3 Å². The second-order valence-electron chi connectivity index (χ2n) is 3.56. The van der Waals surface area contributed by atoms with Gasteiger partial charge in [-0.3, -0.25) is 0 Å². The minimum absolute atomic E-state index is 0.640. The normalized spacial score (nSPS) is 9.94. The molecule has 0 heterocycles. The predicted octanol–water partition coefficient (Wildman–Crippen LogP) is 2.63. The zero-order chi connectivity index (χ0) is 12.3. The monoisotopic (exact) mass is 235 g/mol. The molecule has 1 N–H and O–H groups in total. The Balaban J connectivity index is 2.28. The van der Waals surface area contributed by atoms with Crippen LogP contribution in [0.3, 0.4) is 0 Å². The van der Waals surface area contributed by atoms with Gasteiger partial charge in [-0.1, -0.05) is 18.2 Å². The first kappa shape index (κ1) is 13.6. The van der Waals surface area contributed by atoms with E-state index in [0.717, 1.165) is 31.0 Å². The third kappa shape index (κ3) is 5.41. The van der Waals surface area contributed by atoms with Crippen molar-refractivity contribution < 1.29 is 9.47 Å². The van der Waals surface area contributed by atoms with E-state index < -0.39 is 0 Å². The standard InChI is InChI=1S/C14H21NO2/c1-3-5-10-15-11-12-17-14-9-7-6-8-13(14)16-4-2/h3,6-9,15H,1,4-5,10-12H2,2H3. The summed E-state index contributed by atoms with van der Waals surface area (Å²) in [5.41, 5.74) is 0. The van der Waals surface area contributed by atoms with E-state index in [2.05, 4.69) is 11.9 Å². The zero-order valence-electron chi connectivity index (χ0n) is 10.4. The smallest absolute Gasteiger partial charge is 0.161 e. The van der Waals surface area contributed by atoms with Gasteiger partial charge < -0.3 is 14.8 Å². The molecule has 0 aliphatic heterocycles. The van der Waals surface area contributed by atoms with E-state index in [9.17, 15) is 0 Å². The summed E-state index contributed by atoms with van der Waals surface area (Å²) in [4.78, 5) is 0. The first-order chi connectivity index (χ1) is 8.38. The molecule has 0 aromatic heterocycles. The Labute approximate surface area is 103 Å². The lowest BCUT2D eigenvalue weighted by atomic mass is 10.3. The number of para-hydroxylation sites is 2. The summed E-state index contributed by atoms with van der Waals surface area (Å²) in [5, 5.41) is 3.27. The van der Waals surface area contributed by atoms with Crippen molar-refractivity contribution in [1.82, 2.24) is 5.32 Å². The van der Waals surface area contributed by atoms with Crippen LogP contribution in [0.1, 0.15) is 13.3 Å². The van der Waals surface area contributed by atoms with Gasteiger partial charge in [0.2, 0.25) is 0 Å². The second-order valence-corrected chi connectivity index (χ2v) is 3.56. The largest absolute Gasteiger partial charge is 0.490 e. The Morgan fingerprint density at radius 2 is 1.88 bits per heavy atom. The highest BCUT2D eigenvalue weighted by Gasteiger charge is 2.02. The summed E-state index contributed by atoms with van der Waals surface area (Å²) in [7, 11) is 0. The molecule has 0 fully saturated rings. The molecule has 0 unspecified atom stereocenters. The summed E-state index contributed by atoms with van der Waals surface area (Å²) in [6, 6.07) is 7.74. The van der Waals surface area contributed by atoms with Crippen LogP contribution < -0.4 is 14.8 Å². The Morgan fingerprint density at radius 1 is 1.18 bits per heavy atom. The summed E-state index contributed by atoms with van der Waals surface area (Å²) >= 11 is 0. The van der Waals surface area contributed by atoms with Gasteiger partial charge in [-0.15, -0.1) is 6.58 Å². The van der Waals surface area contributed by atoms with E-state index in [-0.39, 0.29) is 0 Å². The molecule has 0 bridgehead atoms. The van der Waals surface area contributed by atoms with Crippen molar-refractivity contribution in [2.75, 3.05) is 26.3 Å². The lowest BCUT2D eigenvalue weighted by Gasteiger charge is -2.11. The third-order valence-corrected chi connectivity index (χ3v) is 2.21. The first-order valence-corrected chi connectivity index (χ1v) is 6.04. The van der Waals surface area contributed by atoms with Crippen molar-refractivity contribution in [3.05, 3.63) is 36.9 Å². The van der Waals surface area contributed by atoms with Crippen LogP contribution in [0.25, 0.3) is 0 Å². The molecule has 1 aromatic carbocycles. The maximum absolute atomic E-state index is 5.66. The van der Waals surface area contributed by atoms with Crippen LogP contribution in [0.15, 0.2) is 36.9 Å². The predicted molar refractivity (Wildman–Crippen MR) is 70.8 cm³/mol. The molecular weight excluding hydrogens is 214 g/mol. The van der Waals surface area contributed by atoms with Crippen molar-refractivity contribution in [3.63, 3.8) is 0 Å². The van der Waals surface area contributed by atoms with E-state index >= 15 is 0 Å². The molecule has 3 nitrogen and oxygen atoms in total. The molecule has 0 atom stereocenters. The van der Waals surface area contributed by atoms with Crippen LogP contribution in [0.4, 0.5) is 0 Å². The summed E-state index contributed by atoms with van der Waals surface area (Å²) < 4.78 is 11.1. The Hall–Kier alpha value is -1.48. The van der Waals surface area contributed by atoms with Gasteiger partial charge in [0.15, 0.2) is 11.5 Å². The van der Waals surface area contributed by atoms with Gasteiger partial charge in [0.05, 0.1) is 6.61 Å². The zero-order valence-corrected chi connectivity index (χ0v) is 10.4. The second kappa shape index (κ2) is 8.65. The molecule has 3 heteroatoms. The van der Waals surface area contributed by atoms with Crippen LogP contribution in [0.2, 0.25) is 0 Å². The fourth-order valence-corrected chi connectivity index (χ4v) is 1.41. The molecule has 0 saturated heterocycles. The molecular formula is C14H21NO2. The molecule has 17 heavy (non-hydrogen) atoms. The number of benzene rings is 1. The summed E-state index contributed by atoms with van der Waals surface area (Å²) in [6.45, 7) is 8.70. The SMILES string of the molecule is C=CCCNCCOc1ccccc1OCC. The van der Waals surface area contributed by atoms with Crippen molar-refractivity contribution >= 4 is 0 Å². The Kier molecular flexibility index (Phi) is 6.91. The minimum Gasteiger partial charge on any atom is -0.490 e. The van der Waals surface area contributed by atoms with Crippen LogP contribution in [0, 0.1) is 0 Å². The van der Waals surface area contributed by atoms with E-state index in [0.29, 0.717) is 13.2 Å². The van der Waals surface area contributed by atoms with Crippen molar-refractivity contribution in [2.45, 2.75) is 13.3 Å². The van der Waals surface area contributed by atoms with Crippen molar-refractivity contribution in [1.29, 1.82) is 0 Å². The van der Waals surface area contributed by atoms with E-state index in [1.54, 1.807) is 0 Å². The van der Waals surface area contributed by atoms with Gasteiger partial charge in [-0.2, -0.15) is 0 Å². The van der Waals surface area contributed by atoms with Gasteiger partial charge in [-0.25, -0.2) is 0 Å². The van der Waals surface area contributed by atoms with E-state index in [1.807, 2.05) is 37.3 Å². The summed E-state index contributed by atoms with van der Waals surface area (Å²) in [6.07, 6.45) is 2.88. The highest BCUT2D eigenvalue weighted by molar-refractivity contribution is 5.39. The summed E-state index contributed by atoms with van der Waals surface area (Å²) in [5.74, 6) is 1.61. The number of hydrogen-bond acceptors (Lipinski definition) is 3. The number of nitrogens with one attached hydrogen (secondary N) is 1. The molecule has 94 valence electrons. The van der Waals surface area contributed by atoms with Crippen molar-refractivity contribution in [3.8, 4) is 11.5 Å². The molecule has 0 amide bonds. The maximum Gasteiger partial charge on any atom is 0.161 e. The van der Waals surface area contributed by atoms with Gasteiger partial charge in [0.1, 0.15) is 6.61 Å². The lowest BCUT2D eigenvalue weighted by Crippen LogP contribution is -2.21. The van der Waals surface area contributed by atoms with Gasteiger partial charge in [-0.05, 0) is 32.0 Å². The number of ether oxygens (including phenoxy) is 2. The third-order valence-electron chi connectivity index (χ3n) is 2.21. The number of rotatable bonds is 9. The Bertz CT molecular complexity index is 326. The average molecular weight is 235 g/mol. The molecule has 1 aromatic rings.